The van der Waals surface area contributed by atoms with Crippen molar-refractivity contribution >= 4 is 17.2 Å². The average Bonchev–Trinajstić information content (AvgIpc) is 2.52. The average molecular weight is 286 g/mol. The van der Waals surface area contributed by atoms with Crippen molar-refractivity contribution in [2.24, 2.45) is 0 Å². The van der Waals surface area contributed by atoms with Crippen LogP contribution < -0.4 is 10.2 Å². The van der Waals surface area contributed by atoms with Crippen LogP contribution in [0.25, 0.3) is 0 Å². The normalized spacial score (nSPS) is 10.1. The van der Waals surface area contributed by atoms with Gasteiger partial charge in [-0.2, -0.15) is 0 Å². The molecule has 2 rings (SSSR count). The van der Waals surface area contributed by atoms with E-state index in [-0.39, 0.29) is 5.82 Å². The third-order valence-corrected chi connectivity index (χ3v) is 3.13. The number of hydrogen-bond donors (Lipinski definition) is 1. The van der Waals surface area contributed by atoms with E-state index in [9.17, 15) is 10.1 Å². The van der Waals surface area contributed by atoms with E-state index in [1.807, 2.05) is 18.2 Å². The summed E-state index contributed by atoms with van der Waals surface area (Å²) in [5.74, 6) is -0.135. The Balaban J connectivity index is 1.73. The molecule has 0 atom stereocenters. The van der Waals surface area contributed by atoms with Crippen LogP contribution in [0.5, 0.6) is 0 Å². The van der Waals surface area contributed by atoms with Crippen molar-refractivity contribution in [1.82, 2.24) is 4.98 Å². The zero-order valence-electron chi connectivity index (χ0n) is 11.9. The number of benzene rings is 1. The van der Waals surface area contributed by atoms with Crippen molar-refractivity contribution in [3.63, 3.8) is 0 Å². The van der Waals surface area contributed by atoms with Gasteiger partial charge < -0.3 is 20.3 Å². The van der Waals surface area contributed by atoms with Crippen LogP contribution in [0.15, 0.2) is 48.7 Å². The number of anilines is 2. The Morgan fingerprint density at radius 1 is 1.24 bits per heavy atom. The molecule has 1 aromatic carbocycles. The van der Waals surface area contributed by atoms with Gasteiger partial charge in [0.25, 0.3) is 0 Å². The second kappa shape index (κ2) is 7.23. The number of nitro groups is 1. The topological polar surface area (TPSA) is 71.3 Å². The van der Waals surface area contributed by atoms with Gasteiger partial charge in [-0.1, -0.05) is 18.2 Å². The molecule has 1 aromatic heterocycles. The number of rotatable bonds is 7. The largest absolute Gasteiger partial charge is 0.382 e. The van der Waals surface area contributed by atoms with Crippen LogP contribution in [-0.2, 0) is 0 Å². The molecule has 1 heterocycles. The lowest BCUT2D eigenvalue weighted by atomic mass is 10.3. The molecule has 110 valence electrons. The smallest absolute Gasteiger partial charge is 0.363 e. The van der Waals surface area contributed by atoms with Gasteiger partial charge in [-0.25, -0.2) is 0 Å². The van der Waals surface area contributed by atoms with Gasteiger partial charge in [0, 0.05) is 31.9 Å². The van der Waals surface area contributed by atoms with Gasteiger partial charge in [-0.15, -0.1) is 0 Å². The van der Waals surface area contributed by atoms with Crippen LogP contribution in [-0.4, -0.2) is 30.0 Å². The lowest BCUT2D eigenvalue weighted by molar-refractivity contribution is -0.389. The molecule has 0 unspecified atom stereocenters. The maximum atomic E-state index is 10.5. The first-order valence-electron chi connectivity index (χ1n) is 6.77. The molecule has 0 aliphatic carbocycles. The fraction of sp³-hybridized carbons (Fsp3) is 0.267. The van der Waals surface area contributed by atoms with Crippen LogP contribution in [0.2, 0.25) is 0 Å². The first-order chi connectivity index (χ1) is 10.2. The molecule has 0 bridgehead atoms. The van der Waals surface area contributed by atoms with Crippen LogP contribution in [0.4, 0.5) is 17.2 Å². The van der Waals surface area contributed by atoms with Crippen LogP contribution in [0, 0.1) is 10.1 Å². The predicted molar refractivity (Wildman–Crippen MR) is 83.7 cm³/mol. The van der Waals surface area contributed by atoms with Crippen molar-refractivity contribution in [2.45, 2.75) is 6.42 Å². The molecule has 0 radical (unpaired) electrons. The summed E-state index contributed by atoms with van der Waals surface area (Å²) in [6, 6.07) is 13.3. The molecule has 6 nitrogen and oxygen atoms in total. The Labute approximate surface area is 123 Å². The Hall–Kier alpha value is -2.63. The van der Waals surface area contributed by atoms with E-state index in [4.69, 9.17) is 0 Å². The summed E-state index contributed by atoms with van der Waals surface area (Å²) in [6.07, 6.45) is 2.45. The molecule has 0 aliphatic heterocycles. The monoisotopic (exact) mass is 286 g/mol. The number of pyridine rings is 1. The minimum atomic E-state index is -0.501. The predicted octanol–water partition coefficient (Wildman–Crippen LogP) is 2.93. The summed E-state index contributed by atoms with van der Waals surface area (Å²) in [5.41, 5.74) is 1.98. The quantitative estimate of drug-likeness (QED) is 0.481. The Bertz CT molecular complexity index is 572. The summed E-state index contributed by atoms with van der Waals surface area (Å²) in [5, 5.41) is 13.7. The van der Waals surface area contributed by atoms with E-state index in [1.165, 1.54) is 18.0 Å². The molecule has 2 aromatic rings. The van der Waals surface area contributed by atoms with Crippen molar-refractivity contribution in [2.75, 3.05) is 30.4 Å². The number of hydrogen-bond acceptors (Lipinski definition) is 5. The fourth-order valence-corrected chi connectivity index (χ4v) is 1.96. The molecule has 0 fully saturated rings. The highest BCUT2D eigenvalue weighted by molar-refractivity contribution is 5.45. The van der Waals surface area contributed by atoms with Gasteiger partial charge in [-0.3, -0.25) is 0 Å². The zero-order valence-corrected chi connectivity index (χ0v) is 11.9. The maximum Gasteiger partial charge on any atom is 0.363 e. The van der Waals surface area contributed by atoms with E-state index < -0.39 is 4.92 Å². The first kappa shape index (κ1) is 14.8. The second-order valence-electron chi connectivity index (χ2n) is 4.70. The maximum absolute atomic E-state index is 10.5. The van der Waals surface area contributed by atoms with E-state index in [0.29, 0.717) is 0 Å². The number of aromatic nitrogens is 1. The van der Waals surface area contributed by atoms with Crippen molar-refractivity contribution in [3.8, 4) is 0 Å². The van der Waals surface area contributed by atoms with Gasteiger partial charge in [0.05, 0.1) is 5.69 Å². The molecule has 0 spiro atoms. The van der Waals surface area contributed by atoms with Crippen molar-refractivity contribution < 1.29 is 4.92 Å². The molecular formula is C15H18N4O2. The third kappa shape index (κ3) is 4.45. The standard InChI is InChI=1S/C15H18N4O2/c1-18(14-6-3-2-4-7-14)11-5-10-16-13-8-9-15(17-12-13)19(20)21/h2-4,6-9,12,16H,5,10-11H2,1H3. The van der Waals surface area contributed by atoms with Crippen LogP contribution in [0.3, 0.4) is 0 Å². The summed E-state index contributed by atoms with van der Waals surface area (Å²) >= 11 is 0. The molecule has 6 heteroatoms. The molecule has 0 saturated carbocycles. The van der Waals surface area contributed by atoms with Gasteiger partial charge in [0.15, 0.2) is 6.20 Å². The summed E-state index contributed by atoms with van der Waals surface area (Å²) < 4.78 is 0. The lowest BCUT2D eigenvalue weighted by Crippen LogP contribution is -2.20. The molecule has 0 saturated heterocycles. The van der Waals surface area contributed by atoms with E-state index in [1.54, 1.807) is 6.07 Å². The Kier molecular flexibility index (Phi) is 5.09. The zero-order chi connectivity index (χ0) is 15.1. The molecule has 0 amide bonds. The summed E-state index contributed by atoms with van der Waals surface area (Å²) in [6.45, 7) is 1.72. The number of nitrogens with one attached hydrogen (secondary N) is 1. The Morgan fingerprint density at radius 3 is 2.62 bits per heavy atom. The van der Waals surface area contributed by atoms with E-state index >= 15 is 0 Å². The molecule has 0 aliphatic rings. The van der Waals surface area contributed by atoms with Gasteiger partial charge in [0.2, 0.25) is 0 Å². The minimum Gasteiger partial charge on any atom is -0.382 e. The van der Waals surface area contributed by atoms with Gasteiger partial charge >= 0.3 is 5.82 Å². The first-order valence-corrected chi connectivity index (χ1v) is 6.77. The van der Waals surface area contributed by atoms with Crippen LogP contribution >= 0.6 is 0 Å². The summed E-state index contributed by atoms with van der Waals surface area (Å²) in [4.78, 5) is 16.0. The SMILES string of the molecule is CN(CCCNc1ccc([N+](=O)[O-])nc1)c1ccccc1. The van der Waals surface area contributed by atoms with Gasteiger partial charge in [0.1, 0.15) is 0 Å². The summed E-state index contributed by atoms with van der Waals surface area (Å²) in [7, 11) is 2.06. The lowest BCUT2D eigenvalue weighted by Gasteiger charge is -2.19. The third-order valence-electron chi connectivity index (χ3n) is 3.13. The van der Waals surface area contributed by atoms with Gasteiger partial charge in [-0.05, 0) is 34.5 Å². The fourth-order valence-electron chi connectivity index (χ4n) is 1.96. The highest BCUT2D eigenvalue weighted by atomic mass is 16.6. The number of nitrogens with zero attached hydrogens (tertiary/aromatic N) is 3. The second-order valence-corrected chi connectivity index (χ2v) is 4.70. The Morgan fingerprint density at radius 2 is 2.00 bits per heavy atom. The van der Waals surface area contributed by atoms with E-state index in [2.05, 4.69) is 34.4 Å². The van der Waals surface area contributed by atoms with Crippen molar-refractivity contribution in [1.29, 1.82) is 0 Å². The van der Waals surface area contributed by atoms with Crippen molar-refractivity contribution in [3.05, 3.63) is 58.8 Å². The highest BCUT2D eigenvalue weighted by Gasteiger charge is 2.05. The van der Waals surface area contributed by atoms with E-state index in [0.717, 1.165) is 25.2 Å². The molecular weight excluding hydrogens is 268 g/mol. The van der Waals surface area contributed by atoms with Crippen LogP contribution in [0.1, 0.15) is 6.42 Å². The minimum absolute atomic E-state index is 0.135. The molecule has 1 N–H and O–H groups in total. The molecule has 21 heavy (non-hydrogen) atoms. The number of para-hydroxylation sites is 1. The highest BCUT2D eigenvalue weighted by Crippen LogP contribution is 2.13.